The molecule has 1 aliphatic rings. The van der Waals surface area contributed by atoms with Gasteiger partial charge in [-0.25, -0.2) is 0 Å². The van der Waals surface area contributed by atoms with Gasteiger partial charge in [0.2, 0.25) is 0 Å². The lowest BCUT2D eigenvalue weighted by Gasteiger charge is -2.29. The van der Waals surface area contributed by atoms with E-state index in [-0.39, 0.29) is 18.0 Å². The zero-order valence-electron chi connectivity index (χ0n) is 17.2. The quantitative estimate of drug-likeness (QED) is 0.368. The highest BCUT2D eigenvalue weighted by atomic mass is 16.1. The number of ketones is 2. The molecule has 0 amide bonds. The Morgan fingerprint density at radius 1 is 0.857 bits per heavy atom. The molecule has 0 aromatic heterocycles. The van der Waals surface area contributed by atoms with Crippen LogP contribution in [0.1, 0.15) is 87.1 Å². The van der Waals surface area contributed by atoms with Crippen molar-refractivity contribution in [2.45, 2.75) is 71.1 Å². The first kappa shape index (κ1) is 20.5. The Hall–Kier alpha value is -2.22. The maximum atomic E-state index is 12.0. The highest BCUT2D eigenvalue weighted by molar-refractivity contribution is 6.07. The first-order valence-electron chi connectivity index (χ1n) is 10.8. The van der Waals surface area contributed by atoms with Gasteiger partial charge >= 0.3 is 0 Å². The molecular formula is C26H32O2. The maximum absolute atomic E-state index is 12.0. The van der Waals surface area contributed by atoms with Gasteiger partial charge in [0.1, 0.15) is 5.78 Å². The Labute approximate surface area is 169 Å². The van der Waals surface area contributed by atoms with Crippen LogP contribution in [0.4, 0.5) is 0 Å². The number of Topliss-reactive ketones (excluding diaryl/α,β-unsaturated/α-hetero) is 2. The van der Waals surface area contributed by atoms with Crippen LogP contribution in [-0.4, -0.2) is 11.6 Å². The van der Waals surface area contributed by atoms with Crippen molar-refractivity contribution >= 4 is 11.6 Å². The average Bonchev–Trinajstić information content (AvgIpc) is 2.72. The number of hydrogen-bond acceptors (Lipinski definition) is 2. The normalized spacial score (nSPS) is 19.4. The summed E-state index contributed by atoms with van der Waals surface area (Å²) < 4.78 is 0. The summed E-state index contributed by atoms with van der Waals surface area (Å²) in [5.74, 6) is 1.45. The Morgan fingerprint density at radius 2 is 1.43 bits per heavy atom. The lowest BCUT2D eigenvalue weighted by atomic mass is 9.77. The van der Waals surface area contributed by atoms with Crippen molar-refractivity contribution in [3.8, 4) is 11.1 Å². The summed E-state index contributed by atoms with van der Waals surface area (Å²) in [6, 6.07) is 16.6. The summed E-state index contributed by atoms with van der Waals surface area (Å²) >= 11 is 0. The second kappa shape index (κ2) is 9.82. The average molecular weight is 377 g/mol. The number of carbonyl (C=O) groups excluding carboxylic acids is 2. The number of benzene rings is 2. The van der Waals surface area contributed by atoms with E-state index < -0.39 is 0 Å². The van der Waals surface area contributed by atoms with E-state index in [4.69, 9.17) is 0 Å². The lowest BCUT2D eigenvalue weighted by molar-refractivity contribution is -0.116. The molecule has 0 N–H and O–H groups in total. The standard InChI is InChI=1S/C26H32O2/c1-3-4-5-20-6-8-21(9-7-20)22-10-12-23(13-11-22)24-14-16-25(17-15-24)26(28)18-19(2)27/h10-17,20-21H,3-9,18H2,1-2H3. The topological polar surface area (TPSA) is 34.1 Å². The third-order valence-corrected chi connectivity index (χ3v) is 6.14. The number of hydrogen-bond donors (Lipinski definition) is 0. The number of unbranched alkanes of at least 4 members (excludes halogenated alkanes) is 1. The molecule has 0 bridgehead atoms. The van der Waals surface area contributed by atoms with Crippen LogP contribution in [0.3, 0.4) is 0 Å². The maximum Gasteiger partial charge on any atom is 0.170 e. The van der Waals surface area contributed by atoms with Crippen LogP contribution in [0.15, 0.2) is 48.5 Å². The zero-order chi connectivity index (χ0) is 19.9. The van der Waals surface area contributed by atoms with Crippen molar-refractivity contribution in [3.05, 3.63) is 59.7 Å². The summed E-state index contributed by atoms with van der Waals surface area (Å²) in [6.07, 6.45) is 9.48. The molecule has 1 aliphatic carbocycles. The molecule has 0 atom stereocenters. The Kier molecular flexibility index (Phi) is 7.19. The zero-order valence-corrected chi connectivity index (χ0v) is 17.2. The highest BCUT2D eigenvalue weighted by Gasteiger charge is 2.21. The van der Waals surface area contributed by atoms with E-state index >= 15 is 0 Å². The molecule has 1 saturated carbocycles. The molecule has 0 spiro atoms. The Balaban J connectivity index is 1.60. The van der Waals surface area contributed by atoms with Crippen LogP contribution in [0.5, 0.6) is 0 Å². The van der Waals surface area contributed by atoms with Crippen molar-refractivity contribution in [1.29, 1.82) is 0 Å². The molecular weight excluding hydrogens is 344 g/mol. The molecule has 148 valence electrons. The van der Waals surface area contributed by atoms with E-state index in [2.05, 4.69) is 31.2 Å². The minimum absolute atomic E-state index is 0.0191. The molecule has 28 heavy (non-hydrogen) atoms. The molecule has 2 aromatic carbocycles. The first-order valence-corrected chi connectivity index (χ1v) is 10.8. The first-order chi connectivity index (χ1) is 13.6. The second-order valence-electron chi connectivity index (χ2n) is 8.36. The fraction of sp³-hybridized carbons (Fsp3) is 0.462. The van der Waals surface area contributed by atoms with E-state index in [1.54, 1.807) is 0 Å². The monoisotopic (exact) mass is 376 g/mol. The fourth-order valence-corrected chi connectivity index (χ4v) is 4.40. The minimum Gasteiger partial charge on any atom is -0.300 e. The van der Waals surface area contributed by atoms with Gasteiger partial charge in [-0.1, -0.05) is 74.7 Å². The van der Waals surface area contributed by atoms with Gasteiger partial charge in [0.05, 0.1) is 6.42 Å². The highest BCUT2D eigenvalue weighted by Crippen LogP contribution is 2.38. The van der Waals surface area contributed by atoms with Crippen LogP contribution < -0.4 is 0 Å². The van der Waals surface area contributed by atoms with Crippen molar-refractivity contribution < 1.29 is 9.59 Å². The van der Waals surface area contributed by atoms with E-state index in [1.165, 1.54) is 63.0 Å². The third-order valence-electron chi connectivity index (χ3n) is 6.14. The van der Waals surface area contributed by atoms with Gasteiger partial charge in [-0.15, -0.1) is 0 Å². The number of rotatable bonds is 8. The van der Waals surface area contributed by atoms with Crippen LogP contribution in [-0.2, 0) is 4.79 Å². The summed E-state index contributed by atoms with van der Waals surface area (Å²) in [7, 11) is 0. The largest absolute Gasteiger partial charge is 0.300 e. The molecule has 2 nitrogen and oxygen atoms in total. The van der Waals surface area contributed by atoms with Gasteiger partial charge < -0.3 is 0 Å². The summed E-state index contributed by atoms with van der Waals surface area (Å²) in [5, 5.41) is 0. The molecule has 0 unspecified atom stereocenters. The van der Waals surface area contributed by atoms with Gasteiger partial charge in [0, 0.05) is 5.56 Å². The van der Waals surface area contributed by atoms with Crippen LogP contribution in [0.2, 0.25) is 0 Å². The van der Waals surface area contributed by atoms with E-state index in [9.17, 15) is 9.59 Å². The molecule has 1 fully saturated rings. The summed E-state index contributed by atoms with van der Waals surface area (Å²) in [6.45, 7) is 3.73. The molecule has 0 aliphatic heterocycles. The van der Waals surface area contributed by atoms with Crippen molar-refractivity contribution in [1.82, 2.24) is 0 Å². The van der Waals surface area contributed by atoms with Crippen LogP contribution >= 0.6 is 0 Å². The van der Waals surface area contributed by atoms with Gasteiger partial charge in [0.25, 0.3) is 0 Å². The van der Waals surface area contributed by atoms with E-state index in [0.29, 0.717) is 11.5 Å². The van der Waals surface area contributed by atoms with Crippen LogP contribution in [0, 0.1) is 5.92 Å². The van der Waals surface area contributed by atoms with E-state index in [1.807, 2.05) is 24.3 Å². The predicted molar refractivity (Wildman–Crippen MR) is 116 cm³/mol. The predicted octanol–water partition coefficient (Wildman–Crippen LogP) is 6.98. The van der Waals surface area contributed by atoms with Crippen LogP contribution in [0.25, 0.3) is 11.1 Å². The molecule has 0 radical (unpaired) electrons. The molecule has 0 saturated heterocycles. The minimum atomic E-state index is -0.107. The van der Waals surface area contributed by atoms with Gasteiger partial charge in [-0.05, 0) is 61.1 Å². The van der Waals surface area contributed by atoms with Crippen molar-refractivity contribution in [2.75, 3.05) is 0 Å². The van der Waals surface area contributed by atoms with Gasteiger partial charge in [-0.2, -0.15) is 0 Å². The third kappa shape index (κ3) is 5.41. The summed E-state index contributed by atoms with van der Waals surface area (Å²) in [5.41, 5.74) is 4.35. The Bertz CT molecular complexity index is 778. The summed E-state index contributed by atoms with van der Waals surface area (Å²) in [4.78, 5) is 23.1. The second-order valence-corrected chi connectivity index (χ2v) is 8.36. The number of carbonyl (C=O) groups is 2. The van der Waals surface area contributed by atoms with Crippen molar-refractivity contribution in [2.24, 2.45) is 5.92 Å². The SMILES string of the molecule is CCCCC1CCC(c2ccc(-c3ccc(C(=O)CC(C)=O)cc3)cc2)CC1. The van der Waals surface area contributed by atoms with Gasteiger partial charge in [-0.3, -0.25) is 9.59 Å². The van der Waals surface area contributed by atoms with Gasteiger partial charge in [0.15, 0.2) is 5.78 Å². The molecule has 2 aromatic rings. The smallest absolute Gasteiger partial charge is 0.170 e. The molecule has 0 heterocycles. The fourth-order valence-electron chi connectivity index (χ4n) is 4.40. The molecule has 3 rings (SSSR count). The van der Waals surface area contributed by atoms with E-state index in [0.717, 1.165) is 11.5 Å². The molecule has 2 heteroatoms. The van der Waals surface area contributed by atoms with Crippen molar-refractivity contribution in [3.63, 3.8) is 0 Å². The lowest BCUT2D eigenvalue weighted by Crippen LogP contribution is -2.13. The Morgan fingerprint density at radius 3 is 1.96 bits per heavy atom.